The third kappa shape index (κ3) is 14.7. The number of nitrogens with zero attached hydrogens (tertiary/aromatic N) is 3. The fourth-order valence-corrected chi connectivity index (χ4v) is 5.57. The second kappa shape index (κ2) is 21.9. The summed E-state index contributed by atoms with van der Waals surface area (Å²) in [4.78, 5) is 23.9. The number of aromatic nitrogens is 1. The van der Waals surface area contributed by atoms with E-state index in [0.29, 0.717) is 76.2 Å². The summed E-state index contributed by atoms with van der Waals surface area (Å²) in [6, 6.07) is 14.7. The number of piperidine rings is 1. The van der Waals surface area contributed by atoms with E-state index in [0.717, 1.165) is 42.7 Å². The Morgan fingerprint density at radius 3 is 2.35 bits per heavy atom. The number of carbonyl (C=O) groups is 1. The Labute approximate surface area is 302 Å². The van der Waals surface area contributed by atoms with Gasteiger partial charge in [-0.15, -0.1) is 0 Å². The number of hydrogen-bond acceptors (Lipinski definition) is 10. The minimum absolute atomic E-state index is 0.130. The number of ether oxygens (including phenoxy) is 4. The van der Waals surface area contributed by atoms with Crippen molar-refractivity contribution in [2.75, 3.05) is 96.7 Å². The van der Waals surface area contributed by atoms with E-state index in [2.05, 4.69) is 44.9 Å². The lowest BCUT2D eigenvalue weighted by Gasteiger charge is -2.30. The fourth-order valence-electron chi connectivity index (χ4n) is 5.57. The van der Waals surface area contributed by atoms with Crippen LogP contribution in [0, 0.1) is 16.7 Å². The molecule has 0 radical (unpaired) electrons. The SMILES string of the molecule is CN1CCC(Nc2cccc3c2cc(C#CCNc2ccc(OCCOCCOCCOCCC(=O)NCCCN=O)cc2)n3CC(F)(F)F)CC1. The molecule has 1 saturated heterocycles. The van der Waals surface area contributed by atoms with Gasteiger partial charge < -0.3 is 44.4 Å². The van der Waals surface area contributed by atoms with Crippen LogP contribution < -0.4 is 20.7 Å². The summed E-state index contributed by atoms with van der Waals surface area (Å²) < 4.78 is 64.1. The Balaban J connectivity index is 1.12. The maximum atomic E-state index is 13.6. The third-order valence-corrected chi connectivity index (χ3v) is 8.28. The minimum Gasteiger partial charge on any atom is -0.491 e. The second-order valence-electron chi connectivity index (χ2n) is 12.4. The van der Waals surface area contributed by atoms with Gasteiger partial charge in [-0.2, -0.15) is 18.1 Å². The van der Waals surface area contributed by atoms with E-state index < -0.39 is 12.7 Å². The first-order valence-corrected chi connectivity index (χ1v) is 17.6. The van der Waals surface area contributed by atoms with Gasteiger partial charge in [0.2, 0.25) is 5.91 Å². The van der Waals surface area contributed by atoms with E-state index in [4.69, 9.17) is 18.9 Å². The molecule has 2 aromatic carbocycles. The van der Waals surface area contributed by atoms with Crippen molar-refractivity contribution in [1.29, 1.82) is 0 Å². The van der Waals surface area contributed by atoms with E-state index in [1.165, 1.54) is 4.57 Å². The molecule has 15 heteroatoms. The lowest BCUT2D eigenvalue weighted by molar-refractivity contribution is -0.140. The normalized spacial score (nSPS) is 13.8. The number of amides is 1. The van der Waals surface area contributed by atoms with Crippen molar-refractivity contribution in [2.45, 2.75) is 44.4 Å². The molecule has 3 N–H and O–H groups in total. The van der Waals surface area contributed by atoms with Crippen LogP contribution in [-0.4, -0.2) is 114 Å². The lowest BCUT2D eigenvalue weighted by Crippen LogP contribution is -2.36. The van der Waals surface area contributed by atoms with Crippen LogP contribution in [-0.2, 0) is 25.5 Å². The van der Waals surface area contributed by atoms with E-state index in [-0.39, 0.29) is 31.5 Å². The van der Waals surface area contributed by atoms with E-state index >= 15 is 0 Å². The average Bonchev–Trinajstić information content (AvgIpc) is 3.47. The monoisotopic (exact) mass is 730 g/mol. The standard InChI is InChI=1S/C37H49F3N6O6/c1-45-18-12-30(13-19-45)44-34-6-2-7-35-33(34)27-31(46(35)28-37(38,39)40)5-3-15-41-29-8-10-32(11-9-29)52-26-25-51-24-23-50-22-21-49-20-14-36(47)42-16-4-17-43-48/h2,6-11,27,30,41,44H,4,12-26,28H2,1H3,(H,42,47). The first-order valence-electron chi connectivity index (χ1n) is 17.6. The number of halogens is 3. The van der Waals surface area contributed by atoms with Gasteiger partial charge in [0, 0.05) is 35.8 Å². The summed E-state index contributed by atoms with van der Waals surface area (Å²) in [7, 11) is 2.09. The molecular formula is C37H49F3N6O6. The van der Waals surface area contributed by atoms with Crippen LogP contribution in [0.2, 0.25) is 0 Å². The summed E-state index contributed by atoms with van der Waals surface area (Å²) in [5.41, 5.74) is 2.44. The quantitative estimate of drug-likeness (QED) is 0.0721. The van der Waals surface area contributed by atoms with Gasteiger partial charge in [0.25, 0.3) is 0 Å². The molecule has 3 aromatic rings. The summed E-state index contributed by atoms with van der Waals surface area (Å²) in [6.45, 7) is 4.29. The molecule has 0 atom stereocenters. The zero-order valence-electron chi connectivity index (χ0n) is 29.6. The topological polar surface area (TPSA) is 128 Å². The second-order valence-corrected chi connectivity index (χ2v) is 12.4. The van der Waals surface area contributed by atoms with Crippen LogP contribution >= 0.6 is 0 Å². The predicted octanol–water partition coefficient (Wildman–Crippen LogP) is 5.26. The van der Waals surface area contributed by atoms with Gasteiger partial charge in [-0.3, -0.25) is 4.79 Å². The number of nitrogens with one attached hydrogen (secondary N) is 3. The van der Waals surface area contributed by atoms with Gasteiger partial charge in [0.1, 0.15) is 18.9 Å². The highest BCUT2D eigenvalue weighted by Gasteiger charge is 2.30. The fraction of sp³-hybridized carbons (Fsp3) is 0.541. The molecule has 284 valence electrons. The number of likely N-dealkylation sites (tertiary alicyclic amines) is 1. The molecule has 4 rings (SSSR count). The van der Waals surface area contributed by atoms with Crippen molar-refractivity contribution in [2.24, 2.45) is 5.18 Å². The first-order chi connectivity index (χ1) is 25.2. The van der Waals surface area contributed by atoms with Crippen LogP contribution in [0.25, 0.3) is 10.9 Å². The maximum Gasteiger partial charge on any atom is 0.406 e. The number of fused-ring (bicyclic) bond motifs is 1. The van der Waals surface area contributed by atoms with Crippen molar-refractivity contribution >= 4 is 28.2 Å². The Morgan fingerprint density at radius 2 is 1.65 bits per heavy atom. The Kier molecular flexibility index (Phi) is 17.0. The molecule has 1 aliphatic rings. The van der Waals surface area contributed by atoms with Crippen molar-refractivity contribution in [1.82, 2.24) is 14.8 Å². The maximum absolute atomic E-state index is 13.6. The van der Waals surface area contributed by atoms with Gasteiger partial charge >= 0.3 is 6.18 Å². The first kappa shape index (κ1) is 40.4. The summed E-state index contributed by atoms with van der Waals surface area (Å²) >= 11 is 0. The van der Waals surface area contributed by atoms with Crippen LogP contribution in [0.3, 0.4) is 0 Å². The number of benzene rings is 2. The van der Waals surface area contributed by atoms with Gasteiger partial charge in [-0.25, -0.2) is 0 Å². The molecule has 1 amide bonds. The Morgan fingerprint density at radius 1 is 0.962 bits per heavy atom. The smallest absolute Gasteiger partial charge is 0.406 e. The molecule has 0 saturated carbocycles. The Hall–Kier alpha value is -4.36. The van der Waals surface area contributed by atoms with Gasteiger partial charge in [0.15, 0.2) is 0 Å². The van der Waals surface area contributed by atoms with Crippen LogP contribution in [0.4, 0.5) is 24.5 Å². The highest BCUT2D eigenvalue weighted by Crippen LogP contribution is 2.31. The van der Waals surface area contributed by atoms with Crippen LogP contribution in [0.5, 0.6) is 5.75 Å². The summed E-state index contributed by atoms with van der Waals surface area (Å²) in [5, 5.41) is 12.9. The molecule has 12 nitrogen and oxygen atoms in total. The zero-order chi connectivity index (χ0) is 37.0. The molecule has 0 bridgehead atoms. The van der Waals surface area contributed by atoms with Crippen LogP contribution in [0.1, 0.15) is 31.4 Å². The molecule has 0 spiro atoms. The third-order valence-electron chi connectivity index (χ3n) is 8.28. The molecule has 0 aliphatic carbocycles. The van der Waals surface area contributed by atoms with Crippen LogP contribution in [0.15, 0.2) is 53.7 Å². The number of rotatable bonds is 22. The molecule has 1 fully saturated rings. The minimum atomic E-state index is -4.39. The highest BCUT2D eigenvalue weighted by atomic mass is 19.4. The Bertz CT molecular complexity index is 1580. The molecule has 1 aromatic heterocycles. The average molecular weight is 731 g/mol. The van der Waals surface area contributed by atoms with Crippen molar-refractivity contribution in [3.8, 4) is 17.6 Å². The van der Waals surface area contributed by atoms with Crippen molar-refractivity contribution in [3.05, 3.63) is 59.1 Å². The van der Waals surface area contributed by atoms with Gasteiger partial charge in [-0.05, 0) is 87.8 Å². The van der Waals surface area contributed by atoms with E-state index in [1.54, 1.807) is 18.2 Å². The van der Waals surface area contributed by atoms with Gasteiger partial charge in [0.05, 0.1) is 63.9 Å². The highest BCUT2D eigenvalue weighted by molar-refractivity contribution is 5.94. The van der Waals surface area contributed by atoms with E-state index in [9.17, 15) is 22.9 Å². The lowest BCUT2D eigenvalue weighted by atomic mass is 10.0. The number of nitroso groups, excluding NO2 is 1. The zero-order valence-corrected chi connectivity index (χ0v) is 29.6. The number of anilines is 2. The molecule has 2 heterocycles. The number of hydrogen-bond donors (Lipinski definition) is 3. The summed E-state index contributed by atoms with van der Waals surface area (Å²) in [6.07, 6.45) is -1.67. The number of alkyl halides is 3. The van der Waals surface area contributed by atoms with Gasteiger partial charge in [-0.1, -0.05) is 17.2 Å². The largest absolute Gasteiger partial charge is 0.491 e. The summed E-state index contributed by atoms with van der Waals surface area (Å²) in [5.74, 6) is 6.48. The predicted molar refractivity (Wildman–Crippen MR) is 195 cm³/mol. The molecule has 1 aliphatic heterocycles. The molecule has 0 unspecified atom stereocenters. The van der Waals surface area contributed by atoms with Crippen molar-refractivity contribution in [3.63, 3.8) is 0 Å². The molecule has 52 heavy (non-hydrogen) atoms. The van der Waals surface area contributed by atoms with Crippen molar-refractivity contribution < 1.29 is 36.9 Å². The van der Waals surface area contributed by atoms with E-state index in [1.807, 2.05) is 30.3 Å². The number of carbonyl (C=O) groups excluding carboxylic acids is 1. The molecular weight excluding hydrogens is 681 g/mol.